The van der Waals surface area contributed by atoms with E-state index in [1.807, 2.05) is 60.7 Å². The van der Waals surface area contributed by atoms with Crippen LogP contribution in [0.2, 0.25) is 0 Å². The van der Waals surface area contributed by atoms with Crippen molar-refractivity contribution >= 4 is 51.6 Å². The zero-order valence-corrected chi connectivity index (χ0v) is 24.0. The molecule has 204 valence electrons. The number of aromatic nitrogens is 1. The highest BCUT2D eigenvalue weighted by molar-refractivity contribution is 14.1. The van der Waals surface area contributed by atoms with Gasteiger partial charge in [-0.1, -0.05) is 60.7 Å². The number of hydrogen-bond acceptors (Lipinski definition) is 6. The maximum atomic E-state index is 13.2. The van der Waals surface area contributed by atoms with Gasteiger partial charge in [0.25, 0.3) is 5.91 Å². The van der Waals surface area contributed by atoms with Crippen molar-refractivity contribution in [2.45, 2.75) is 6.61 Å². The van der Waals surface area contributed by atoms with Gasteiger partial charge in [-0.25, -0.2) is 15.2 Å². The van der Waals surface area contributed by atoms with Gasteiger partial charge in [0.2, 0.25) is 0 Å². The molecule has 5 rings (SSSR count). The summed E-state index contributed by atoms with van der Waals surface area (Å²) in [6.45, 7) is 0.237. The third kappa shape index (κ3) is 6.52. The summed E-state index contributed by atoms with van der Waals surface area (Å²) in [5.74, 6) is -0.284. The number of methoxy groups -OCH3 is 1. The first-order valence-corrected chi connectivity index (χ1v) is 13.6. The van der Waals surface area contributed by atoms with Crippen LogP contribution < -0.4 is 14.9 Å². The highest BCUT2D eigenvalue weighted by Gasteiger charge is 2.15. The van der Waals surface area contributed by atoms with Crippen LogP contribution in [0, 0.1) is 3.57 Å². The molecule has 0 saturated carbocycles. The number of carbonyl (C=O) groups excluding carboxylic acids is 1. The van der Waals surface area contributed by atoms with Crippen molar-refractivity contribution in [2.75, 3.05) is 7.11 Å². The normalized spacial score (nSPS) is 11.0. The average molecular weight is 657 g/mol. The fourth-order valence-corrected chi connectivity index (χ4v) is 4.98. The van der Waals surface area contributed by atoms with Crippen LogP contribution in [-0.2, 0) is 6.61 Å². The van der Waals surface area contributed by atoms with Crippen LogP contribution in [-0.4, -0.2) is 35.3 Å². The number of rotatable bonds is 9. The van der Waals surface area contributed by atoms with E-state index in [-0.39, 0.29) is 18.1 Å². The Balaban J connectivity index is 1.32. The lowest BCUT2D eigenvalue weighted by Gasteiger charge is -2.14. The molecular weight excluding hydrogens is 633 g/mol. The lowest BCUT2D eigenvalue weighted by Crippen LogP contribution is -2.18. The molecule has 0 aliphatic carbocycles. The molecule has 0 saturated heterocycles. The smallest absolute Gasteiger partial charge is 0.335 e. The molecule has 5 aromatic rings. The SMILES string of the molecule is COc1cc(/C=N/NC(=O)c2cc(-c3ccccc3)nc3ccccc23)cc(I)c1OCc1ccc(C(=O)O)cc1. The minimum absolute atomic E-state index is 0.213. The molecule has 1 heterocycles. The van der Waals surface area contributed by atoms with Crippen LogP contribution in [0.4, 0.5) is 0 Å². The predicted molar refractivity (Wildman–Crippen MR) is 166 cm³/mol. The number of ether oxygens (including phenoxy) is 2. The predicted octanol–water partition coefficient (Wildman–Crippen LogP) is 6.56. The number of amides is 1. The average Bonchev–Trinajstić information content (AvgIpc) is 3.00. The van der Waals surface area contributed by atoms with Crippen molar-refractivity contribution in [3.63, 3.8) is 0 Å². The summed E-state index contributed by atoms with van der Waals surface area (Å²) in [6, 6.07) is 29.1. The summed E-state index contributed by atoms with van der Waals surface area (Å²) in [7, 11) is 1.54. The number of nitrogens with one attached hydrogen (secondary N) is 1. The minimum Gasteiger partial charge on any atom is -0.493 e. The Bertz CT molecular complexity index is 1760. The summed E-state index contributed by atoms with van der Waals surface area (Å²) in [4.78, 5) is 29.0. The third-order valence-electron chi connectivity index (χ3n) is 6.25. The molecule has 0 fully saturated rings. The molecule has 9 heteroatoms. The second-order valence-electron chi connectivity index (χ2n) is 8.96. The van der Waals surface area contributed by atoms with Crippen LogP contribution in [0.15, 0.2) is 102 Å². The number of hydrazone groups is 1. The number of carbonyl (C=O) groups is 2. The van der Waals surface area contributed by atoms with Crippen LogP contribution in [0.1, 0.15) is 31.8 Å². The van der Waals surface area contributed by atoms with E-state index in [1.165, 1.54) is 12.1 Å². The molecule has 0 unspecified atom stereocenters. The second-order valence-corrected chi connectivity index (χ2v) is 10.1. The Morgan fingerprint density at radius 3 is 2.44 bits per heavy atom. The number of pyridine rings is 1. The van der Waals surface area contributed by atoms with Crippen LogP contribution in [0.5, 0.6) is 11.5 Å². The van der Waals surface area contributed by atoms with Gasteiger partial charge in [-0.2, -0.15) is 5.10 Å². The molecule has 0 spiro atoms. The van der Waals surface area contributed by atoms with E-state index in [1.54, 1.807) is 37.6 Å². The number of benzene rings is 4. The van der Waals surface area contributed by atoms with Crippen molar-refractivity contribution < 1.29 is 24.2 Å². The summed E-state index contributed by atoms with van der Waals surface area (Å²) in [5, 5.41) is 14.0. The standard InChI is InChI=1S/C32H24IN3O5/c1-40-29-16-21(15-26(33)30(29)41-19-20-11-13-23(14-12-20)32(38)39)18-34-36-31(37)25-17-28(22-7-3-2-4-8-22)35-27-10-6-5-9-24(25)27/h2-18H,19H2,1H3,(H,36,37)(H,38,39)/b34-18+. The second kappa shape index (κ2) is 12.6. The maximum absolute atomic E-state index is 13.2. The number of aromatic carboxylic acids is 1. The molecule has 2 N–H and O–H groups in total. The van der Waals surface area contributed by atoms with Crippen molar-refractivity contribution in [1.82, 2.24) is 10.4 Å². The summed E-state index contributed by atoms with van der Waals surface area (Å²) in [6.07, 6.45) is 1.54. The molecule has 0 bridgehead atoms. The Labute approximate surface area is 249 Å². The van der Waals surface area contributed by atoms with Crippen molar-refractivity contribution in [3.05, 3.63) is 123 Å². The lowest BCUT2D eigenvalue weighted by atomic mass is 10.0. The quantitative estimate of drug-likeness (QED) is 0.106. The van der Waals surface area contributed by atoms with Crippen molar-refractivity contribution in [1.29, 1.82) is 0 Å². The molecule has 1 amide bonds. The van der Waals surface area contributed by atoms with Gasteiger partial charge in [0.05, 0.1) is 39.2 Å². The Morgan fingerprint density at radius 1 is 0.976 bits per heavy atom. The number of nitrogens with zero attached hydrogens (tertiary/aromatic N) is 2. The molecule has 41 heavy (non-hydrogen) atoms. The Hall–Kier alpha value is -4.77. The summed E-state index contributed by atoms with van der Waals surface area (Å²) >= 11 is 2.15. The number of halogens is 1. The van der Waals surface area contributed by atoms with E-state index >= 15 is 0 Å². The monoisotopic (exact) mass is 657 g/mol. The van der Waals surface area contributed by atoms with E-state index in [0.29, 0.717) is 28.3 Å². The van der Waals surface area contributed by atoms with Gasteiger partial charge in [0.15, 0.2) is 11.5 Å². The highest BCUT2D eigenvalue weighted by atomic mass is 127. The van der Waals surface area contributed by atoms with Crippen LogP contribution in [0.3, 0.4) is 0 Å². The molecule has 0 atom stereocenters. The van der Waals surface area contributed by atoms with Gasteiger partial charge < -0.3 is 14.6 Å². The Kier molecular flexibility index (Phi) is 8.54. The minimum atomic E-state index is -0.979. The first kappa shape index (κ1) is 27.8. The first-order chi connectivity index (χ1) is 19.9. The zero-order chi connectivity index (χ0) is 28.8. The van der Waals surface area contributed by atoms with E-state index in [0.717, 1.165) is 25.6 Å². The molecule has 0 radical (unpaired) electrons. The molecule has 0 aliphatic heterocycles. The van der Waals surface area contributed by atoms with Gasteiger partial charge in [-0.05, 0) is 70.1 Å². The number of fused-ring (bicyclic) bond motifs is 1. The van der Waals surface area contributed by atoms with Crippen LogP contribution in [0.25, 0.3) is 22.2 Å². The van der Waals surface area contributed by atoms with Crippen molar-refractivity contribution in [2.24, 2.45) is 5.10 Å². The van der Waals surface area contributed by atoms with Crippen LogP contribution >= 0.6 is 22.6 Å². The number of carboxylic acid groups (broad SMARTS) is 1. The van der Waals surface area contributed by atoms with Gasteiger partial charge in [0.1, 0.15) is 6.61 Å². The zero-order valence-electron chi connectivity index (χ0n) is 21.9. The largest absolute Gasteiger partial charge is 0.493 e. The van der Waals surface area contributed by atoms with Gasteiger partial charge in [-0.15, -0.1) is 0 Å². The molecule has 4 aromatic carbocycles. The summed E-state index contributed by atoms with van der Waals surface area (Å²) < 4.78 is 12.3. The highest BCUT2D eigenvalue weighted by Crippen LogP contribution is 2.34. The fourth-order valence-electron chi connectivity index (χ4n) is 4.20. The van der Waals surface area contributed by atoms with Gasteiger partial charge >= 0.3 is 5.97 Å². The van der Waals surface area contributed by atoms with Gasteiger partial charge in [-0.3, -0.25) is 4.79 Å². The maximum Gasteiger partial charge on any atom is 0.335 e. The van der Waals surface area contributed by atoms with E-state index < -0.39 is 5.97 Å². The molecule has 8 nitrogen and oxygen atoms in total. The third-order valence-corrected chi connectivity index (χ3v) is 7.05. The molecular formula is C32H24IN3O5. The number of para-hydroxylation sites is 1. The first-order valence-electron chi connectivity index (χ1n) is 12.5. The number of carboxylic acids is 1. The number of hydrogen-bond donors (Lipinski definition) is 2. The topological polar surface area (TPSA) is 110 Å². The summed E-state index contributed by atoms with van der Waals surface area (Å²) in [5.41, 5.74) is 7.17. The van der Waals surface area contributed by atoms with Gasteiger partial charge in [0, 0.05) is 10.9 Å². The molecule has 0 aliphatic rings. The lowest BCUT2D eigenvalue weighted by molar-refractivity contribution is 0.0696. The van der Waals surface area contributed by atoms with E-state index in [2.05, 4.69) is 33.1 Å². The van der Waals surface area contributed by atoms with E-state index in [9.17, 15) is 9.59 Å². The van der Waals surface area contributed by atoms with E-state index in [4.69, 9.17) is 19.6 Å². The molecule has 1 aromatic heterocycles. The fraction of sp³-hybridized carbons (Fsp3) is 0.0625. The van der Waals surface area contributed by atoms with Crippen molar-refractivity contribution in [3.8, 4) is 22.8 Å². The Morgan fingerprint density at radius 2 is 1.71 bits per heavy atom.